The first-order chi connectivity index (χ1) is 18.4. The van der Waals surface area contributed by atoms with E-state index in [1.54, 1.807) is 36.4 Å². The molecule has 0 atom stereocenters. The summed E-state index contributed by atoms with van der Waals surface area (Å²) < 4.78 is 5.57. The van der Waals surface area contributed by atoms with Crippen LogP contribution in [0.15, 0.2) is 42.5 Å². The summed E-state index contributed by atoms with van der Waals surface area (Å²) in [6, 6.07) is 11.5. The van der Waals surface area contributed by atoms with Gasteiger partial charge in [0.15, 0.2) is 17.3 Å². The molecule has 4 amide bonds. The number of aromatic nitrogens is 2. The predicted octanol–water partition coefficient (Wildman–Crippen LogP) is 2.43. The minimum atomic E-state index is -0.488. The average molecular weight is 516 g/mol. The van der Waals surface area contributed by atoms with Crippen LogP contribution in [-0.4, -0.2) is 48.0 Å². The van der Waals surface area contributed by atoms with Crippen LogP contribution in [0.5, 0.6) is 5.75 Å². The van der Waals surface area contributed by atoms with Crippen molar-refractivity contribution in [3.63, 3.8) is 0 Å². The number of hydrogen-bond acceptors (Lipinski definition) is 8. The van der Waals surface area contributed by atoms with Crippen molar-refractivity contribution in [2.24, 2.45) is 5.92 Å². The third-order valence-electron chi connectivity index (χ3n) is 6.22. The second-order valence-electron chi connectivity index (χ2n) is 8.85. The van der Waals surface area contributed by atoms with Gasteiger partial charge >= 0.3 is 0 Å². The van der Waals surface area contributed by atoms with Gasteiger partial charge in [-0.2, -0.15) is 0 Å². The van der Waals surface area contributed by atoms with Crippen molar-refractivity contribution in [1.82, 2.24) is 20.8 Å². The molecular weight excluding hydrogens is 490 g/mol. The van der Waals surface area contributed by atoms with Gasteiger partial charge in [0.2, 0.25) is 5.91 Å². The van der Waals surface area contributed by atoms with Gasteiger partial charge in [-0.15, -0.1) is 10.2 Å². The molecule has 1 aromatic heterocycles. The number of ether oxygens (including phenoxy) is 1. The van der Waals surface area contributed by atoms with E-state index in [0.29, 0.717) is 23.5 Å². The van der Waals surface area contributed by atoms with Crippen molar-refractivity contribution in [2.45, 2.75) is 19.4 Å². The van der Waals surface area contributed by atoms with Gasteiger partial charge in [0.05, 0.1) is 24.0 Å². The number of amides is 4. The standard InChI is InChI=1S/C26H25N7O5/c1-27-26(37)21-19(11-20(32-33-21)31-23(34)13-6-7-13)30-18-5-3-4-17(22(18)38-2)25(36)29-15-8-9-16-14(10-15)12-28-24(16)35/h3-5,8-11,13H,6-7,12H2,1-2H3,(H,27,37)(H,28,35)(H,29,36)(H2,30,31,32,34). The summed E-state index contributed by atoms with van der Waals surface area (Å²) >= 11 is 0. The highest BCUT2D eigenvalue weighted by molar-refractivity contribution is 6.08. The van der Waals surface area contributed by atoms with Crippen LogP contribution in [0.4, 0.5) is 22.9 Å². The zero-order valence-electron chi connectivity index (χ0n) is 20.7. The maximum atomic E-state index is 13.2. The number of anilines is 4. The minimum absolute atomic E-state index is 0.00451. The average Bonchev–Trinajstić information content (AvgIpc) is 3.71. The first-order valence-electron chi connectivity index (χ1n) is 11.9. The highest BCUT2D eigenvalue weighted by Gasteiger charge is 2.30. The Hall–Kier alpha value is -5.00. The Balaban J connectivity index is 1.42. The van der Waals surface area contributed by atoms with Crippen LogP contribution < -0.4 is 31.3 Å². The van der Waals surface area contributed by atoms with Crippen molar-refractivity contribution in [2.75, 3.05) is 30.1 Å². The molecule has 5 rings (SSSR count). The van der Waals surface area contributed by atoms with E-state index < -0.39 is 11.8 Å². The van der Waals surface area contributed by atoms with E-state index in [1.807, 2.05) is 0 Å². The lowest BCUT2D eigenvalue weighted by Crippen LogP contribution is -2.22. The molecule has 3 aromatic rings. The first kappa shape index (κ1) is 24.7. The minimum Gasteiger partial charge on any atom is -0.494 e. The Morgan fingerprint density at radius 1 is 1.00 bits per heavy atom. The fourth-order valence-electron chi connectivity index (χ4n) is 4.10. The Kier molecular flexibility index (Phi) is 6.60. The number of para-hydroxylation sites is 1. The van der Waals surface area contributed by atoms with E-state index >= 15 is 0 Å². The summed E-state index contributed by atoms with van der Waals surface area (Å²) in [5, 5.41) is 21.9. The van der Waals surface area contributed by atoms with Gasteiger partial charge < -0.3 is 31.3 Å². The molecule has 1 aliphatic heterocycles. The molecule has 1 aliphatic carbocycles. The molecule has 12 nitrogen and oxygen atoms in total. The second kappa shape index (κ2) is 10.2. The number of methoxy groups -OCH3 is 1. The second-order valence-corrected chi connectivity index (χ2v) is 8.85. The molecule has 0 saturated heterocycles. The molecule has 1 saturated carbocycles. The lowest BCUT2D eigenvalue weighted by Gasteiger charge is -2.17. The number of hydrogen-bond donors (Lipinski definition) is 5. The van der Waals surface area contributed by atoms with Crippen LogP contribution >= 0.6 is 0 Å². The van der Waals surface area contributed by atoms with E-state index in [1.165, 1.54) is 20.2 Å². The van der Waals surface area contributed by atoms with Crippen molar-refractivity contribution in [3.05, 3.63) is 64.8 Å². The summed E-state index contributed by atoms with van der Waals surface area (Å²) in [4.78, 5) is 49.7. The molecule has 0 unspecified atom stereocenters. The SMILES string of the molecule is CNC(=O)c1nnc(NC(=O)C2CC2)cc1Nc1cccc(C(=O)Nc2ccc3c(c2)CNC3=O)c1OC. The zero-order chi connectivity index (χ0) is 26.8. The van der Waals surface area contributed by atoms with Crippen LogP contribution in [0.25, 0.3) is 0 Å². The lowest BCUT2D eigenvalue weighted by atomic mass is 10.1. The van der Waals surface area contributed by atoms with Gasteiger partial charge in [-0.05, 0) is 48.7 Å². The molecule has 2 aliphatic rings. The van der Waals surface area contributed by atoms with E-state index in [9.17, 15) is 19.2 Å². The quantitative estimate of drug-likeness (QED) is 0.305. The maximum absolute atomic E-state index is 13.2. The topological polar surface area (TPSA) is 163 Å². The molecule has 0 spiro atoms. The molecule has 12 heteroatoms. The monoisotopic (exact) mass is 515 g/mol. The van der Waals surface area contributed by atoms with Gasteiger partial charge in [0.1, 0.15) is 0 Å². The van der Waals surface area contributed by atoms with E-state index in [-0.39, 0.29) is 46.2 Å². The fraction of sp³-hybridized carbons (Fsp3) is 0.231. The van der Waals surface area contributed by atoms with E-state index in [0.717, 1.165) is 18.4 Å². The van der Waals surface area contributed by atoms with E-state index in [4.69, 9.17) is 4.74 Å². The van der Waals surface area contributed by atoms with Gasteiger partial charge in [0, 0.05) is 36.8 Å². The zero-order valence-corrected chi connectivity index (χ0v) is 20.7. The van der Waals surface area contributed by atoms with Crippen molar-refractivity contribution >= 4 is 46.5 Å². The van der Waals surface area contributed by atoms with Crippen molar-refractivity contribution in [1.29, 1.82) is 0 Å². The van der Waals surface area contributed by atoms with Gasteiger partial charge in [-0.25, -0.2) is 0 Å². The summed E-state index contributed by atoms with van der Waals surface area (Å²) in [6.45, 7) is 0.400. The van der Waals surface area contributed by atoms with Gasteiger partial charge in [-0.1, -0.05) is 6.07 Å². The molecule has 5 N–H and O–H groups in total. The molecule has 2 aromatic carbocycles. The van der Waals surface area contributed by atoms with Crippen LogP contribution in [0.1, 0.15) is 49.6 Å². The van der Waals surface area contributed by atoms with Gasteiger partial charge in [0.25, 0.3) is 17.7 Å². The third kappa shape index (κ3) is 4.96. The maximum Gasteiger partial charge on any atom is 0.273 e. The van der Waals surface area contributed by atoms with Crippen LogP contribution in [0.3, 0.4) is 0 Å². The first-order valence-corrected chi connectivity index (χ1v) is 11.9. The van der Waals surface area contributed by atoms with E-state index in [2.05, 4.69) is 36.8 Å². The number of nitrogens with one attached hydrogen (secondary N) is 5. The highest BCUT2D eigenvalue weighted by Crippen LogP contribution is 2.34. The molecule has 2 heterocycles. The summed E-state index contributed by atoms with van der Waals surface area (Å²) in [5.74, 6) is -0.835. The molecule has 38 heavy (non-hydrogen) atoms. The molecule has 0 bridgehead atoms. The Labute approximate surface area is 217 Å². The number of carbonyl (C=O) groups is 4. The molecular formula is C26H25N7O5. The molecule has 194 valence electrons. The highest BCUT2D eigenvalue weighted by atomic mass is 16.5. The number of carbonyl (C=O) groups excluding carboxylic acids is 4. The normalized spacial score (nSPS) is 13.7. The number of benzene rings is 2. The smallest absolute Gasteiger partial charge is 0.273 e. The van der Waals surface area contributed by atoms with Crippen LogP contribution in [-0.2, 0) is 11.3 Å². The Morgan fingerprint density at radius 2 is 1.82 bits per heavy atom. The Morgan fingerprint density at radius 3 is 2.55 bits per heavy atom. The van der Waals surface area contributed by atoms with Gasteiger partial charge in [-0.3, -0.25) is 19.2 Å². The predicted molar refractivity (Wildman–Crippen MR) is 139 cm³/mol. The summed E-state index contributed by atoms with van der Waals surface area (Å²) in [5.41, 5.74) is 2.79. The van der Waals surface area contributed by atoms with Crippen LogP contribution in [0.2, 0.25) is 0 Å². The fourth-order valence-corrected chi connectivity index (χ4v) is 4.10. The lowest BCUT2D eigenvalue weighted by molar-refractivity contribution is -0.117. The van der Waals surface area contributed by atoms with Crippen LogP contribution in [0, 0.1) is 5.92 Å². The largest absolute Gasteiger partial charge is 0.494 e. The molecule has 0 radical (unpaired) electrons. The number of fused-ring (bicyclic) bond motifs is 1. The number of rotatable bonds is 8. The third-order valence-corrected chi connectivity index (χ3v) is 6.22. The Bertz CT molecular complexity index is 1470. The molecule has 1 fully saturated rings. The number of nitrogens with zero attached hydrogens (tertiary/aromatic N) is 2. The summed E-state index contributed by atoms with van der Waals surface area (Å²) in [6.07, 6.45) is 1.65. The van der Waals surface area contributed by atoms with Crippen molar-refractivity contribution in [3.8, 4) is 5.75 Å². The van der Waals surface area contributed by atoms with Crippen molar-refractivity contribution < 1.29 is 23.9 Å². The summed E-state index contributed by atoms with van der Waals surface area (Å²) in [7, 11) is 2.89.